The van der Waals surface area contributed by atoms with Crippen LogP contribution >= 0.6 is 0 Å². The number of hydrogen-bond donors (Lipinski definition) is 2. The summed E-state index contributed by atoms with van der Waals surface area (Å²) in [6, 6.07) is 9.60. The van der Waals surface area contributed by atoms with Gasteiger partial charge in [0.15, 0.2) is 0 Å². The van der Waals surface area contributed by atoms with Crippen molar-refractivity contribution in [2.75, 3.05) is 0 Å². The number of alkyl halides is 3. The Morgan fingerprint density at radius 2 is 1.61 bits per heavy atom. The van der Waals surface area contributed by atoms with Crippen molar-refractivity contribution in [1.29, 1.82) is 0 Å². The summed E-state index contributed by atoms with van der Waals surface area (Å²) in [6.45, 7) is 3.89. The second kappa shape index (κ2) is 6.95. The Morgan fingerprint density at radius 1 is 1.00 bits per heavy atom. The number of halogens is 3. The van der Waals surface area contributed by atoms with Crippen LogP contribution in [-0.2, 0) is 16.2 Å². The highest BCUT2D eigenvalue weighted by Gasteiger charge is 2.33. The third kappa shape index (κ3) is 3.55. The molecule has 28 heavy (non-hydrogen) atoms. The SMILES string of the molecule is CC(C)c1ccc(S(=O)(=O)n2c(B(O)O)cc3cc(C(F)(F)F)ccc32)cc1. The Hall–Kier alpha value is -2.30. The molecule has 2 aromatic carbocycles. The van der Waals surface area contributed by atoms with E-state index in [0.29, 0.717) is 3.97 Å². The monoisotopic (exact) mass is 411 g/mol. The molecule has 0 saturated carbocycles. The minimum atomic E-state index is -4.61. The molecule has 0 unspecified atom stereocenters. The summed E-state index contributed by atoms with van der Waals surface area (Å²) in [4.78, 5) is -0.115. The van der Waals surface area contributed by atoms with Gasteiger partial charge in [0, 0.05) is 5.39 Å². The first-order chi connectivity index (χ1) is 12.9. The van der Waals surface area contributed by atoms with Crippen molar-refractivity contribution in [1.82, 2.24) is 3.97 Å². The van der Waals surface area contributed by atoms with Crippen LogP contribution in [0.15, 0.2) is 53.4 Å². The topological polar surface area (TPSA) is 79.5 Å². The minimum absolute atomic E-state index is 0.0692. The fraction of sp³-hybridized carbons (Fsp3) is 0.222. The fourth-order valence-electron chi connectivity index (χ4n) is 2.97. The van der Waals surface area contributed by atoms with E-state index in [1.54, 1.807) is 12.1 Å². The van der Waals surface area contributed by atoms with E-state index in [9.17, 15) is 31.6 Å². The summed E-state index contributed by atoms with van der Waals surface area (Å²) in [6.07, 6.45) is -4.61. The second-order valence-corrected chi connectivity index (χ2v) is 8.49. The smallest absolute Gasteiger partial charge is 0.422 e. The largest absolute Gasteiger partial charge is 0.507 e. The van der Waals surface area contributed by atoms with Gasteiger partial charge in [0.25, 0.3) is 10.0 Å². The number of benzene rings is 2. The van der Waals surface area contributed by atoms with Crippen molar-refractivity contribution in [3.63, 3.8) is 0 Å². The molecule has 0 spiro atoms. The zero-order valence-corrected chi connectivity index (χ0v) is 15.8. The van der Waals surface area contributed by atoms with Crippen LogP contribution in [0.1, 0.15) is 30.9 Å². The average molecular weight is 411 g/mol. The molecular formula is C18H17BF3NO4S. The van der Waals surface area contributed by atoms with E-state index in [4.69, 9.17) is 0 Å². The van der Waals surface area contributed by atoms with Gasteiger partial charge in [-0.3, -0.25) is 0 Å². The van der Waals surface area contributed by atoms with Crippen LogP contribution in [0, 0.1) is 0 Å². The molecule has 0 amide bonds. The molecule has 0 atom stereocenters. The molecule has 0 saturated heterocycles. The van der Waals surface area contributed by atoms with Crippen molar-refractivity contribution in [2.45, 2.75) is 30.8 Å². The van der Waals surface area contributed by atoms with Crippen molar-refractivity contribution >= 4 is 33.6 Å². The van der Waals surface area contributed by atoms with Gasteiger partial charge < -0.3 is 10.0 Å². The summed E-state index contributed by atoms with van der Waals surface area (Å²) in [7, 11) is -6.46. The Morgan fingerprint density at radius 3 is 2.11 bits per heavy atom. The molecule has 0 aliphatic heterocycles. The highest BCUT2D eigenvalue weighted by atomic mass is 32.2. The van der Waals surface area contributed by atoms with Crippen molar-refractivity contribution < 1.29 is 31.6 Å². The van der Waals surface area contributed by atoms with E-state index in [2.05, 4.69) is 0 Å². The molecule has 3 rings (SSSR count). The molecular weight excluding hydrogens is 394 g/mol. The van der Waals surface area contributed by atoms with Gasteiger partial charge in [-0.1, -0.05) is 26.0 Å². The van der Waals surface area contributed by atoms with E-state index in [1.807, 2.05) is 13.8 Å². The van der Waals surface area contributed by atoms with Crippen LogP contribution in [0.5, 0.6) is 0 Å². The highest BCUT2D eigenvalue weighted by molar-refractivity contribution is 7.90. The third-order valence-electron chi connectivity index (χ3n) is 4.46. The molecule has 2 N–H and O–H groups in total. The summed E-state index contributed by atoms with van der Waals surface area (Å²) < 4.78 is 65.8. The average Bonchev–Trinajstić information content (AvgIpc) is 3.00. The van der Waals surface area contributed by atoms with Gasteiger partial charge in [-0.05, 0) is 47.9 Å². The van der Waals surface area contributed by atoms with Crippen LogP contribution in [0.25, 0.3) is 10.9 Å². The van der Waals surface area contributed by atoms with Crippen LogP contribution in [0.4, 0.5) is 13.2 Å². The van der Waals surface area contributed by atoms with E-state index >= 15 is 0 Å². The number of nitrogens with zero attached hydrogens (tertiary/aromatic N) is 1. The Balaban J connectivity index is 2.24. The first-order valence-corrected chi connectivity index (χ1v) is 9.81. The summed E-state index contributed by atoms with van der Waals surface area (Å²) in [5.74, 6) is 0.180. The molecule has 0 aliphatic carbocycles. The lowest BCUT2D eigenvalue weighted by Gasteiger charge is -2.13. The molecule has 0 aliphatic rings. The van der Waals surface area contributed by atoms with E-state index in [1.165, 1.54) is 12.1 Å². The third-order valence-corrected chi connectivity index (χ3v) is 6.22. The van der Waals surface area contributed by atoms with Crippen LogP contribution in [0.2, 0.25) is 0 Å². The van der Waals surface area contributed by atoms with Gasteiger partial charge in [-0.2, -0.15) is 13.2 Å². The van der Waals surface area contributed by atoms with Gasteiger partial charge in [0.2, 0.25) is 0 Å². The zero-order chi connectivity index (χ0) is 20.9. The summed E-state index contributed by atoms with van der Waals surface area (Å²) >= 11 is 0. The van der Waals surface area contributed by atoms with Gasteiger partial charge >= 0.3 is 13.3 Å². The minimum Gasteiger partial charge on any atom is -0.422 e. The molecule has 5 nitrogen and oxygen atoms in total. The maximum atomic E-state index is 13.1. The highest BCUT2D eigenvalue weighted by Crippen LogP contribution is 2.32. The van der Waals surface area contributed by atoms with Gasteiger partial charge in [0.05, 0.1) is 21.6 Å². The molecule has 0 fully saturated rings. The van der Waals surface area contributed by atoms with E-state index in [0.717, 1.165) is 29.8 Å². The number of rotatable bonds is 4. The lowest BCUT2D eigenvalue weighted by Crippen LogP contribution is -2.38. The maximum Gasteiger partial charge on any atom is 0.507 e. The molecule has 3 aromatic rings. The van der Waals surface area contributed by atoms with Gasteiger partial charge in [-0.15, -0.1) is 0 Å². The first kappa shape index (κ1) is 20.4. The quantitative estimate of drug-likeness (QED) is 0.648. The first-order valence-electron chi connectivity index (χ1n) is 8.37. The van der Waals surface area contributed by atoms with Crippen molar-refractivity contribution in [3.05, 3.63) is 59.7 Å². The Kier molecular flexibility index (Phi) is 5.07. The predicted molar refractivity (Wildman–Crippen MR) is 99.9 cm³/mol. The predicted octanol–water partition coefficient (Wildman–Crippen LogP) is 2.70. The fourth-order valence-corrected chi connectivity index (χ4v) is 4.51. The number of fused-ring (bicyclic) bond motifs is 1. The maximum absolute atomic E-state index is 13.1. The van der Waals surface area contributed by atoms with Gasteiger partial charge in [-0.25, -0.2) is 12.4 Å². The summed E-state index contributed by atoms with van der Waals surface area (Å²) in [5, 5.41) is 19.2. The number of aromatic nitrogens is 1. The summed E-state index contributed by atoms with van der Waals surface area (Å²) in [5.41, 5.74) is -0.574. The van der Waals surface area contributed by atoms with Crippen LogP contribution in [-0.4, -0.2) is 29.6 Å². The second-order valence-electron chi connectivity index (χ2n) is 6.71. The van der Waals surface area contributed by atoms with Crippen molar-refractivity contribution in [2.24, 2.45) is 0 Å². The molecule has 10 heteroatoms. The number of hydrogen-bond acceptors (Lipinski definition) is 4. The lowest BCUT2D eigenvalue weighted by atomic mass is 9.86. The standard InChI is InChI=1S/C18H17BF3NO4S/c1-11(2)12-3-6-15(7-4-12)28(26,27)23-16-8-5-14(18(20,21)22)9-13(16)10-17(23)19(24)25/h3-11,24-25H,1-2H3. The molecule has 1 aromatic heterocycles. The molecule has 0 bridgehead atoms. The lowest BCUT2D eigenvalue weighted by molar-refractivity contribution is -0.137. The Labute approximate surface area is 160 Å². The Bertz CT molecular complexity index is 1120. The zero-order valence-electron chi connectivity index (χ0n) is 15.0. The van der Waals surface area contributed by atoms with Crippen LogP contribution < -0.4 is 5.59 Å². The normalized spacial score (nSPS) is 12.7. The van der Waals surface area contributed by atoms with E-state index < -0.39 is 34.5 Å². The molecule has 0 radical (unpaired) electrons. The van der Waals surface area contributed by atoms with Crippen LogP contribution in [0.3, 0.4) is 0 Å². The van der Waals surface area contributed by atoms with Crippen molar-refractivity contribution in [3.8, 4) is 0 Å². The molecule has 1 heterocycles. The van der Waals surface area contributed by atoms with Gasteiger partial charge in [0.1, 0.15) is 0 Å². The molecule has 148 valence electrons. The van der Waals surface area contributed by atoms with E-state index in [-0.39, 0.29) is 21.7 Å².